The molecule has 0 amide bonds. The average Bonchev–Trinajstić information content (AvgIpc) is 2.99. The van der Waals surface area contributed by atoms with Crippen molar-refractivity contribution >= 4 is 0 Å². The zero-order valence-corrected chi connectivity index (χ0v) is 12.7. The van der Waals surface area contributed by atoms with Crippen LogP contribution in [0.1, 0.15) is 65.7 Å². The first-order chi connectivity index (χ1) is 8.59. The molecule has 1 saturated heterocycles. The lowest BCUT2D eigenvalue weighted by molar-refractivity contribution is 0.190. The maximum atomic E-state index is 3.78. The van der Waals surface area contributed by atoms with Gasteiger partial charge in [-0.25, -0.2) is 0 Å². The molecule has 0 bridgehead atoms. The Bertz CT molecular complexity index is 245. The summed E-state index contributed by atoms with van der Waals surface area (Å²) >= 11 is 0. The van der Waals surface area contributed by atoms with Crippen molar-refractivity contribution in [1.82, 2.24) is 10.2 Å². The second-order valence-corrected chi connectivity index (χ2v) is 7.28. The van der Waals surface area contributed by atoms with E-state index in [9.17, 15) is 0 Å². The predicted octanol–water partition coefficient (Wildman–Crippen LogP) is 3.42. The number of hydrogen-bond acceptors (Lipinski definition) is 2. The molecule has 0 aromatic carbocycles. The number of rotatable bonds is 8. The third-order valence-electron chi connectivity index (χ3n) is 4.43. The molecule has 0 radical (unpaired) electrons. The van der Waals surface area contributed by atoms with E-state index in [-0.39, 0.29) is 0 Å². The Kier molecular flexibility index (Phi) is 5.08. The highest BCUT2D eigenvalue weighted by Crippen LogP contribution is 2.27. The van der Waals surface area contributed by atoms with E-state index < -0.39 is 0 Å². The number of likely N-dealkylation sites (tertiary alicyclic amines) is 1. The molecule has 1 N–H and O–H groups in total. The van der Waals surface area contributed by atoms with Gasteiger partial charge in [-0.3, -0.25) is 0 Å². The van der Waals surface area contributed by atoms with E-state index in [0.29, 0.717) is 5.41 Å². The van der Waals surface area contributed by atoms with Crippen molar-refractivity contribution in [2.24, 2.45) is 5.41 Å². The van der Waals surface area contributed by atoms with Gasteiger partial charge >= 0.3 is 0 Å². The summed E-state index contributed by atoms with van der Waals surface area (Å²) in [6.45, 7) is 11.1. The van der Waals surface area contributed by atoms with E-state index in [1.807, 2.05) is 0 Å². The predicted molar refractivity (Wildman–Crippen MR) is 78.9 cm³/mol. The summed E-state index contributed by atoms with van der Waals surface area (Å²) in [5.74, 6) is 0. The molecule has 2 rings (SSSR count). The molecule has 1 aliphatic heterocycles. The molecule has 18 heavy (non-hydrogen) atoms. The number of nitrogens with zero attached hydrogens (tertiary/aromatic N) is 1. The first kappa shape index (κ1) is 14.3. The van der Waals surface area contributed by atoms with Crippen LogP contribution in [-0.4, -0.2) is 36.6 Å². The molecule has 2 heteroatoms. The van der Waals surface area contributed by atoms with Gasteiger partial charge in [0.15, 0.2) is 0 Å². The molecule has 1 unspecified atom stereocenters. The second kappa shape index (κ2) is 6.38. The summed E-state index contributed by atoms with van der Waals surface area (Å²) in [6, 6.07) is 1.65. The zero-order chi connectivity index (χ0) is 13.0. The molecule has 2 nitrogen and oxygen atoms in total. The monoisotopic (exact) mass is 252 g/mol. The lowest BCUT2D eigenvalue weighted by atomic mass is 9.86. The van der Waals surface area contributed by atoms with Gasteiger partial charge in [0.05, 0.1) is 0 Å². The normalized spacial score (nSPS) is 25.8. The molecule has 2 aliphatic rings. The minimum atomic E-state index is 0.504. The van der Waals surface area contributed by atoms with Gasteiger partial charge in [-0.1, -0.05) is 40.0 Å². The smallest absolute Gasteiger partial charge is 0.0209 e. The Hall–Kier alpha value is -0.0800. The van der Waals surface area contributed by atoms with E-state index in [4.69, 9.17) is 0 Å². The van der Waals surface area contributed by atoms with Crippen LogP contribution in [0, 0.1) is 5.41 Å². The molecule has 106 valence electrons. The maximum Gasteiger partial charge on any atom is 0.0209 e. The third kappa shape index (κ3) is 4.89. The minimum Gasteiger partial charge on any atom is -0.310 e. The SMILES string of the molecule is CCCCCC(C)(C)CN1CCC(NC2CC2)C1. The van der Waals surface area contributed by atoms with Gasteiger partial charge in [-0.05, 0) is 37.6 Å². The maximum absolute atomic E-state index is 3.78. The standard InChI is InChI=1S/C16H32N2/c1-4-5-6-10-16(2,3)13-18-11-9-15(12-18)17-14-7-8-14/h14-15,17H,4-13H2,1-3H3. The molecule has 0 aromatic heterocycles. The zero-order valence-electron chi connectivity index (χ0n) is 12.7. The van der Waals surface area contributed by atoms with Gasteiger partial charge < -0.3 is 10.2 Å². The van der Waals surface area contributed by atoms with Crippen molar-refractivity contribution < 1.29 is 0 Å². The van der Waals surface area contributed by atoms with E-state index in [2.05, 4.69) is 31.0 Å². The summed E-state index contributed by atoms with van der Waals surface area (Å²) in [6.07, 6.45) is 9.72. The average molecular weight is 252 g/mol. The van der Waals surface area contributed by atoms with Gasteiger partial charge in [0, 0.05) is 25.2 Å². The first-order valence-corrected chi connectivity index (χ1v) is 8.07. The highest BCUT2D eigenvalue weighted by molar-refractivity contribution is 4.90. The Morgan fingerprint density at radius 1 is 1.11 bits per heavy atom. The van der Waals surface area contributed by atoms with Crippen LogP contribution in [0.15, 0.2) is 0 Å². The van der Waals surface area contributed by atoms with Crippen LogP contribution in [0.25, 0.3) is 0 Å². The number of unbranched alkanes of at least 4 members (excludes halogenated alkanes) is 2. The lowest BCUT2D eigenvalue weighted by Crippen LogP contribution is -2.37. The van der Waals surface area contributed by atoms with E-state index in [0.717, 1.165) is 12.1 Å². The first-order valence-electron chi connectivity index (χ1n) is 8.07. The van der Waals surface area contributed by atoms with Gasteiger partial charge in [-0.15, -0.1) is 0 Å². The summed E-state index contributed by atoms with van der Waals surface area (Å²) in [7, 11) is 0. The molecule has 1 aliphatic carbocycles. The van der Waals surface area contributed by atoms with Gasteiger partial charge in [0.25, 0.3) is 0 Å². The van der Waals surface area contributed by atoms with Gasteiger partial charge in [0.1, 0.15) is 0 Å². The van der Waals surface area contributed by atoms with Gasteiger partial charge in [-0.2, -0.15) is 0 Å². The van der Waals surface area contributed by atoms with Crippen LogP contribution >= 0.6 is 0 Å². The summed E-state index contributed by atoms with van der Waals surface area (Å²) in [5.41, 5.74) is 0.504. The van der Waals surface area contributed by atoms with Crippen molar-refractivity contribution in [3.63, 3.8) is 0 Å². The van der Waals surface area contributed by atoms with Crippen LogP contribution in [0.3, 0.4) is 0 Å². The minimum absolute atomic E-state index is 0.504. The summed E-state index contributed by atoms with van der Waals surface area (Å²) in [5, 5.41) is 3.78. The van der Waals surface area contributed by atoms with Crippen molar-refractivity contribution in [3.05, 3.63) is 0 Å². The van der Waals surface area contributed by atoms with Crippen molar-refractivity contribution in [3.8, 4) is 0 Å². The van der Waals surface area contributed by atoms with Crippen molar-refractivity contribution in [1.29, 1.82) is 0 Å². The van der Waals surface area contributed by atoms with Gasteiger partial charge in [0.2, 0.25) is 0 Å². The Balaban J connectivity index is 1.65. The fraction of sp³-hybridized carbons (Fsp3) is 1.00. The number of hydrogen-bond donors (Lipinski definition) is 1. The van der Waals surface area contributed by atoms with Crippen LogP contribution in [-0.2, 0) is 0 Å². The highest BCUT2D eigenvalue weighted by atomic mass is 15.2. The fourth-order valence-corrected chi connectivity index (χ4v) is 3.23. The quantitative estimate of drug-likeness (QED) is 0.666. The molecule has 0 spiro atoms. The number of nitrogens with one attached hydrogen (secondary N) is 1. The van der Waals surface area contributed by atoms with Crippen molar-refractivity contribution in [2.75, 3.05) is 19.6 Å². The topological polar surface area (TPSA) is 15.3 Å². The lowest BCUT2D eigenvalue weighted by Gasteiger charge is -2.30. The fourth-order valence-electron chi connectivity index (χ4n) is 3.23. The Morgan fingerprint density at radius 2 is 1.89 bits per heavy atom. The van der Waals surface area contributed by atoms with E-state index >= 15 is 0 Å². The second-order valence-electron chi connectivity index (χ2n) is 7.28. The van der Waals surface area contributed by atoms with Crippen LogP contribution in [0.4, 0.5) is 0 Å². The molecule has 0 aromatic rings. The Morgan fingerprint density at radius 3 is 2.56 bits per heavy atom. The van der Waals surface area contributed by atoms with Crippen LogP contribution in [0.5, 0.6) is 0 Å². The third-order valence-corrected chi connectivity index (χ3v) is 4.43. The van der Waals surface area contributed by atoms with Crippen molar-refractivity contribution in [2.45, 2.75) is 77.8 Å². The molecular weight excluding hydrogens is 220 g/mol. The molecule has 1 atom stereocenters. The highest BCUT2D eigenvalue weighted by Gasteiger charge is 2.31. The molecular formula is C16H32N2. The van der Waals surface area contributed by atoms with E-state index in [1.54, 1.807) is 0 Å². The van der Waals surface area contributed by atoms with Crippen LogP contribution < -0.4 is 5.32 Å². The molecule has 1 saturated carbocycles. The summed E-state index contributed by atoms with van der Waals surface area (Å²) < 4.78 is 0. The molecule has 2 fully saturated rings. The van der Waals surface area contributed by atoms with E-state index in [1.165, 1.54) is 64.6 Å². The van der Waals surface area contributed by atoms with Crippen LogP contribution in [0.2, 0.25) is 0 Å². The largest absolute Gasteiger partial charge is 0.310 e. The molecule has 1 heterocycles. The summed E-state index contributed by atoms with van der Waals surface area (Å²) in [4.78, 5) is 2.69. The Labute approximate surface area is 114 Å².